The van der Waals surface area contributed by atoms with Gasteiger partial charge in [0.25, 0.3) is 0 Å². The fraction of sp³-hybridized carbons (Fsp3) is 0.346. The first-order chi connectivity index (χ1) is 17.1. The Labute approximate surface area is 214 Å². The van der Waals surface area contributed by atoms with E-state index in [1.54, 1.807) is 12.4 Å². The summed E-state index contributed by atoms with van der Waals surface area (Å²) in [6.07, 6.45) is 7.32. The van der Waals surface area contributed by atoms with E-state index in [-0.39, 0.29) is 6.10 Å². The number of pyridine rings is 2. The van der Waals surface area contributed by atoms with Gasteiger partial charge < -0.3 is 9.64 Å². The first-order valence-corrected chi connectivity index (χ1v) is 12.7. The molecule has 180 valence electrons. The first kappa shape index (κ1) is 22.6. The molecule has 35 heavy (non-hydrogen) atoms. The number of anilines is 1. The molecule has 5 heterocycles. The van der Waals surface area contributed by atoms with Crippen LogP contribution in [0.25, 0.3) is 22.2 Å². The summed E-state index contributed by atoms with van der Waals surface area (Å²) in [4.78, 5) is 13.8. The van der Waals surface area contributed by atoms with E-state index < -0.39 is 0 Å². The van der Waals surface area contributed by atoms with E-state index >= 15 is 0 Å². The van der Waals surface area contributed by atoms with Crippen LogP contribution in [0, 0.1) is 0 Å². The Balaban J connectivity index is 1.23. The summed E-state index contributed by atoms with van der Waals surface area (Å²) in [5, 5.41) is 9.62. The summed E-state index contributed by atoms with van der Waals surface area (Å²) >= 11 is 12.6. The molecule has 0 spiro atoms. The second-order valence-electron chi connectivity index (χ2n) is 9.24. The predicted molar refractivity (Wildman–Crippen MR) is 139 cm³/mol. The molecule has 1 aromatic carbocycles. The van der Waals surface area contributed by atoms with Crippen molar-refractivity contribution in [1.29, 1.82) is 0 Å². The summed E-state index contributed by atoms with van der Waals surface area (Å²) in [6.45, 7) is 6.36. The van der Waals surface area contributed by atoms with Gasteiger partial charge >= 0.3 is 0 Å². The summed E-state index contributed by atoms with van der Waals surface area (Å²) in [5.41, 5.74) is 3.46. The predicted octanol–water partition coefficient (Wildman–Crippen LogP) is 5.75. The largest absolute Gasteiger partial charge is 0.486 e. The Hall–Kier alpha value is -2.87. The Morgan fingerprint density at radius 3 is 2.71 bits per heavy atom. The van der Waals surface area contributed by atoms with Gasteiger partial charge in [0.05, 0.1) is 15.6 Å². The lowest BCUT2D eigenvalue weighted by molar-refractivity contribution is 0.227. The van der Waals surface area contributed by atoms with Gasteiger partial charge in [0.15, 0.2) is 0 Å². The summed E-state index contributed by atoms with van der Waals surface area (Å²) in [5.74, 6) is 1.74. The van der Waals surface area contributed by atoms with Gasteiger partial charge in [-0.3, -0.25) is 15.0 Å². The lowest BCUT2D eigenvalue weighted by Gasteiger charge is -2.38. The van der Waals surface area contributed by atoms with Gasteiger partial charge in [-0.2, -0.15) is 5.10 Å². The Morgan fingerprint density at radius 1 is 1.06 bits per heavy atom. The van der Waals surface area contributed by atoms with Crippen LogP contribution in [0.2, 0.25) is 10.0 Å². The van der Waals surface area contributed by atoms with Gasteiger partial charge in [-0.1, -0.05) is 23.2 Å². The molecular formula is C26H26Cl2N6O. The highest BCUT2D eigenvalue weighted by molar-refractivity contribution is 6.35. The number of nitrogens with zero attached hydrogens (tertiary/aromatic N) is 5. The molecule has 2 atom stereocenters. The lowest BCUT2D eigenvalue weighted by atomic mass is 10.1. The maximum absolute atomic E-state index is 6.31. The molecule has 2 fully saturated rings. The van der Waals surface area contributed by atoms with Crippen molar-refractivity contribution in [3.05, 3.63) is 64.5 Å². The third-order valence-corrected chi connectivity index (χ3v) is 7.68. The SMILES string of the molecule is CC(Oc1ccc2[nH]nc(-c3ccc(N4CCN5CCC[C@@H]5C4)nc3)c2c1)c1c(Cl)cncc1Cl. The van der Waals surface area contributed by atoms with Crippen LogP contribution in [0.5, 0.6) is 5.75 Å². The van der Waals surface area contributed by atoms with Crippen molar-refractivity contribution in [2.45, 2.75) is 31.9 Å². The number of hydrogen-bond donors (Lipinski definition) is 1. The maximum atomic E-state index is 6.31. The van der Waals surface area contributed by atoms with Crippen molar-refractivity contribution in [3.63, 3.8) is 0 Å². The Kier molecular flexibility index (Phi) is 6.00. The fourth-order valence-corrected chi connectivity index (χ4v) is 5.94. The molecular weight excluding hydrogens is 483 g/mol. The van der Waals surface area contributed by atoms with Crippen LogP contribution in [0.4, 0.5) is 5.82 Å². The van der Waals surface area contributed by atoms with E-state index in [9.17, 15) is 0 Å². The van der Waals surface area contributed by atoms with Crippen LogP contribution in [0.1, 0.15) is 31.4 Å². The van der Waals surface area contributed by atoms with E-state index in [1.807, 2.05) is 31.3 Å². The van der Waals surface area contributed by atoms with Crippen molar-refractivity contribution in [2.24, 2.45) is 0 Å². The minimum absolute atomic E-state index is 0.341. The van der Waals surface area contributed by atoms with E-state index in [1.165, 1.54) is 19.4 Å². The molecule has 1 N–H and O–H groups in total. The topological polar surface area (TPSA) is 70.2 Å². The van der Waals surface area contributed by atoms with Gasteiger partial charge in [0.2, 0.25) is 0 Å². The molecule has 7 nitrogen and oxygen atoms in total. The molecule has 3 aromatic heterocycles. The Bertz CT molecular complexity index is 1340. The van der Waals surface area contributed by atoms with Crippen LogP contribution >= 0.6 is 23.2 Å². The highest BCUT2D eigenvalue weighted by atomic mass is 35.5. The van der Waals surface area contributed by atoms with Crippen molar-refractivity contribution in [3.8, 4) is 17.0 Å². The normalized spacial score (nSPS) is 19.2. The average molecular weight is 509 g/mol. The van der Waals surface area contributed by atoms with E-state index in [4.69, 9.17) is 32.9 Å². The highest BCUT2D eigenvalue weighted by Gasteiger charge is 2.31. The maximum Gasteiger partial charge on any atom is 0.128 e. The second-order valence-corrected chi connectivity index (χ2v) is 10.1. The van der Waals surface area contributed by atoms with Crippen LogP contribution in [0.15, 0.2) is 48.9 Å². The second kappa shape index (κ2) is 9.30. The number of hydrogen-bond acceptors (Lipinski definition) is 6. The molecule has 6 rings (SSSR count). The minimum Gasteiger partial charge on any atom is -0.486 e. The number of halogens is 2. The molecule has 0 radical (unpaired) electrons. The van der Waals surface area contributed by atoms with Crippen LogP contribution < -0.4 is 9.64 Å². The number of aromatic nitrogens is 4. The van der Waals surface area contributed by atoms with E-state index in [0.29, 0.717) is 27.4 Å². The quantitative estimate of drug-likeness (QED) is 0.370. The number of benzene rings is 1. The molecule has 2 aliphatic heterocycles. The van der Waals surface area contributed by atoms with Crippen LogP contribution in [-0.2, 0) is 0 Å². The summed E-state index contributed by atoms with van der Waals surface area (Å²) in [6, 6.07) is 10.7. The van der Waals surface area contributed by atoms with E-state index in [2.05, 4.69) is 37.1 Å². The number of nitrogens with one attached hydrogen (secondary N) is 1. The third kappa shape index (κ3) is 4.33. The summed E-state index contributed by atoms with van der Waals surface area (Å²) in [7, 11) is 0. The van der Waals surface area contributed by atoms with Gasteiger partial charge in [0.1, 0.15) is 23.4 Å². The summed E-state index contributed by atoms with van der Waals surface area (Å²) < 4.78 is 6.20. The first-order valence-electron chi connectivity index (χ1n) is 12.0. The molecule has 9 heteroatoms. The molecule has 0 amide bonds. The smallest absolute Gasteiger partial charge is 0.128 e. The molecule has 0 aliphatic carbocycles. The average Bonchev–Trinajstić information content (AvgIpc) is 3.50. The zero-order valence-electron chi connectivity index (χ0n) is 19.4. The van der Waals surface area contributed by atoms with Crippen molar-refractivity contribution in [2.75, 3.05) is 31.1 Å². The number of ether oxygens (including phenoxy) is 1. The van der Waals surface area contributed by atoms with Crippen LogP contribution in [-0.4, -0.2) is 57.3 Å². The van der Waals surface area contributed by atoms with Crippen molar-refractivity contribution >= 4 is 39.9 Å². The molecule has 4 aromatic rings. The monoisotopic (exact) mass is 508 g/mol. The fourth-order valence-electron chi connectivity index (χ4n) is 5.27. The van der Waals surface area contributed by atoms with E-state index in [0.717, 1.165) is 47.6 Å². The third-order valence-electron chi connectivity index (χ3n) is 7.08. The molecule has 1 unspecified atom stereocenters. The minimum atomic E-state index is -0.341. The van der Waals surface area contributed by atoms with Crippen molar-refractivity contribution in [1.82, 2.24) is 25.1 Å². The number of aromatic amines is 1. The van der Waals surface area contributed by atoms with Gasteiger partial charge in [0, 0.05) is 60.8 Å². The van der Waals surface area contributed by atoms with Gasteiger partial charge in [-0.05, 0) is 56.6 Å². The standard InChI is InChI=1S/C26H26Cl2N6O/c1-16(25-21(27)13-29-14-22(25)28)35-19-5-6-23-20(11-19)26(32-31-23)17-4-7-24(30-12-17)34-10-9-33-8-2-3-18(33)15-34/h4-7,11-14,16,18H,2-3,8-10,15H2,1H3,(H,31,32)/t16?,18-/m1/s1. The number of fused-ring (bicyclic) bond motifs is 2. The van der Waals surface area contributed by atoms with Gasteiger partial charge in [-0.15, -0.1) is 0 Å². The Morgan fingerprint density at radius 2 is 1.91 bits per heavy atom. The number of piperazine rings is 1. The number of rotatable bonds is 5. The number of H-pyrrole nitrogens is 1. The molecule has 2 aliphatic rings. The molecule has 0 saturated carbocycles. The molecule has 0 bridgehead atoms. The van der Waals surface area contributed by atoms with Crippen LogP contribution in [0.3, 0.4) is 0 Å². The van der Waals surface area contributed by atoms with Crippen molar-refractivity contribution < 1.29 is 4.74 Å². The molecule has 2 saturated heterocycles. The zero-order valence-corrected chi connectivity index (χ0v) is 20.9. The highest BCUT2D eigenvalue weighted by Crippen LogP contribution is 2.35. The lowest BCUT2D eigenvalue weighted by Crippen LogP contribution is -2.50. The zero-order chi connectivity index (χ0) is 23.9. The van der Waals surface area contributed by atoms with Gasteiger partial charge in [-0.25, -0.2) is 4.98 Å².